The molecule has 2 unspecified atom stereocenters. The van der Waals surface area contributed by atoms with Crippen molar-refractivity contribution in [3.8, 4) is 0 Å². The third-order valence-corrected chi connectivity index (χ3v) is 4.50. The standard InChI is InChI=1S/C17H15N3O6/c1-24-13(21)11-12(14(22)25-2)20-8-7-18-16(20)26-17(11)9-5-3-4-6-10(9)19-15(17)23/h3-8,16,18H,1-2H3,(H,19,23). The van der Waals surface area contributed by atoms with Crippen molar-refractivity contribution in [1.29, 1.82) is 0 Å². The van der Waals surface area contributed by atoms with E-state index >= 15 is 0 Å². The van der Waals surface area contributed by atoms with Gasteiger partial charge in [0.1, 0.15) is 11.3 Å². The second-order valence-electron chi connectivity index (χ2n) is 5.75. The summed E-state index contributed by atoms with van der Waals surface area (Å²) in [7, 11) is 2.36. The highest BCUT2D eigenvalue weighted by molar-refractivity contribution is 6.15. The molecule has 4 rings (SSSR count). The van der Waals surface area contributed by atoms with Crippen LogP contribution in [0, 0.1) is 0 Å². The van der Waals surface area contributed by atoms with E-state index in [0.29, 0.717) is 11.3 Å². The summed E-state index contributed by atoms with van der Waals surface area (Å²) >= 11 is 0. The van der Waals surface area contributed by atoms with Crippen LogP contribution < -0.4 is 10.6 Å². The summed E-state index contributed by atoms with van der Waals surface area (Å²) in [6, 6.07) is 6.79. The van der Waals surface area contributed by atoms with Gasteiger partial charge in [-0.1, -0.05) is 18.2 Å². The van der Waals surface area contributed by atoms with Crippen LogP contribution in [-0.2, 0) is 34.2 Å². The van der Waals surface area contributed by atoms with E-state index in [1.807, 2.05) is 0 Å². The van der Waals surface area contributed by atoms with E-state index in [-0.39, 0.29) is 11.3 Å². The monoisotopic (exact) mass is 357 g/mol. The molecule has 0 saturated heterocycles. The third-order valence-electron chi connectivity index (χ3n) is 4.50. The fourth-order valence-electron chi connectivity index (χ4n) is 3.41. The first-order chi connectivity index (χ1) is 12.5. The summed E-state index contributed by atoms with van der Waals surface area (Å²) in [4.78, 5) is 39.6. The molecular weight excluding hydrogens is 342 g/mol. The fraction of sp³-hybridized carbons (Fsp3) is 0.235. The molecule has 9 nitrogen and oxygen atoms in total. The zero-order chi connectivity index (χ0) is 18.5. The number of nitrogens with one attached hydrogen (secondary N) is 2. The van der Waals surface area contributed by atoms with Gasteiger partial charge in [-0.3, -0.25) is 9.69 Å². The molecule has 3 aliphatic heterocycles. The van der Waals surface area contributed by atoms with Crippen LogP contribution in [0.15, 0.2) is 47.9 Å². The Balaban J connectivity index is 2.06. The largest absolute Gasteiger partial charge is 0.465 e. The van der Waals surface area contributed by atoms with Gasteiger partial charge in [-0.2, -0.15) is 0 Å². The highest BCUT2D eigenvalue weighted by Crippen LogP contribution is 2.49. The van der Waals surface area contributed by atoms with E-state index in [1.54, 1.807) is 30.5 Å². The number of carbonyl (C=O) groups excluding carboxylic acids is 3. The number of carbonyl (C=O) groups is 3. The van der Waals surface area contributed by atoms with Crippen molar-refractivity contribution < 1.29 is 28.6 Å². The SMILES string of the molecule is COC(=O)C1=C(C(=O)OC)C2(OC3NC=CN13)C(=O)Nc1ccccc12. The first-order valence-electron chi connectivity index (χ1n) is 7.75. The van der Waals surface area contributed by atoms with Gasteiger partial charge in [0.2, 0.25) is 12.0 Å². The Kier molecular flexibility index (Phi) is 3.48. The van der Waals surface area contributed by atoms with Crippen molar-refractivity contribution in [2.75, 3.05) is 19.5 Å². The van der Waals surface area contributed by atoms with Crippen molar-refractivity contribution >= 4 is 23.5 Å². The Morgan fingerprint density at radius 3 is 2.65 bits per heavy atom. The van der Waals surface area contributed by atoms with Crippen LogP contribution in [0.4, 0.5) is 5.69 Å². The van der Waals surface area contributed by atoms with Crippen molar-refractivity contribution in [2.24, 2.45) is 0 Å². The lowest BCUT2D eigenvalue weighted by Gasteiger charge is -2.41. The molecule has 1 aromatic rings. The number of ether oxygens (including phenoxy) is 3. The average molecular weight is 357 g/mol. The van der Waals surface area contributed by atoms with Gasteiger partial charge in [0.05, 0.1) is 14.2 Å². The van der Waals surface area contributed by atoms with Crippen LogP contribution in [-0.4, -0.2) is 43.3 Å². The zero-order valence-electron chi connectivity index (χ0n) is 13.9. The Morgan fingerprint density at radius 1 is 1.19 bits per heavy atom. The molecule has 1 spiro atoms. The first kappa shape index (κ1) is 16.2. The number of benzene rings is 1. The molecule has 3 heterocycles. The second kappa shape index (κ2) is 5.60. The number of hydrogen-bond acceptors (Lipinski definition) is 8. The maximum absolute atomic E-state index is 13.0. The summed E-state index contributed by atoms with van der Waals surface area (Å²) < 4.78 is 15.8. The van der Waals surface area contributed by atoms with Crippen LogP contribution in [0.25, 0.3) is 0 Å². The van der Waals surface area contributed by atoms with Crippen molar-refractivity contribution in [3.63, 3.8) is 0 Å². The van der Waals surface area contributed by atoms with E-state index in [9.17, 15) is 14.4 Å². The molecule has 2 N–H and O–H groups in total. The predicted octanol–water partition coefficient (Wildman–Crippen LogP) is 0.124. The molecule has 134 valence electrons. The van der Waals surface area contributed by atoms with E-state index in [0.717, 1.165) is 0 Å². The number of anilines is 1. The second-order valence-corrected chi connectivity index (χ2v) is 5.75. The van der Waals surface area contributed by atoms with Gasteiger partial charge in [0, 0.05) is 23.7 Å². The number of rotatable bonds is 2. The van der Waals surface area contributed by atoms with Crippen molar-refractivity contribution in [2.45, 2.75) is 12.0 Å². The van der Waals surface area contributed by atoms with Gasteiger partial charge < -0.3 is 24.8 Å². The molecule has 1 aromatic carbocycles. The van der Waals surface area contributed by atoms with Crippen molar-refractivity contribution in [1.82, 2.24) is 10.2 Å². The Morgan fingerprint density at radius 2 is 1.92 bits per heavy atom. The molecule has 1 amide bonds. The van der Waals surface area contributed by atoms with E-state index in [4.69, 9.17) is 14.2 Å². The highest BCUT2D eigenvalue weighted by atomic mass is 16.6. The topological polar surface area (TPSA) is 106 Å². The van der Waals surface area contributed by atoms with Crippen LogP contribution in [0.1, 0.15) is 5.56 Å². The molecule has 0 aliphatic carbocycles. The maximum atomic E-state index is 13.0. The molecule has 0 fully saturated rings. The van der Waals surface area contributed by atoms with Gasteiger partial charge in [0.25, 0.3) is 5.91 Å². The summed E-state index contributed by atoms with van der Waals surface area (Å²) in [6.45, 7) is 0. The Bertz CT molecular complexity index is 892. The molecule has 3 aliphatic rings. The molecule has 0 aromatic heterocycles. The van der Waals surface area contributed by atoms with Gasteiger partial charge in [-0.05, 0) is 6.07 Å². The van der Waals surface area contributed by atoms with E-state index < -0.39 is 29.8 Å². The molecular formula is C17H15N3O6. The summed E-state index contributed by atoms with van der Waals surface area (Å²) in [6.07, 6.45) is 2.19. The number of amides is 1. The van der Waals surface area contributed by atoms with Crippen LogP contribution in [0.2, 0.25) is 0 Å². The minimum Gasteiger partial charge on any atom is -0.465 e. The van der Waals surface area contributed by atoms with Gasteiger partial charge >= 0.3 is 11.9 Å². The zero-order valence-corrected chi connectivity index (χ0v) is 13.9. The molecule has 0 radical (unpaired) electrons. The predicted molar refractivity (Wildman–Crippen MR) is 86.8 cm³/mol. The number of nitrogens with zero attached hydrogens (tertiary/aromatic N) is 1. The number of methoxy groups -OCH3 is 2. The summed E-state index contributed by atoms with van der Waals surface area (Å²) in [5, 5.41) is 5.60. The average Bonchev–Trinajstić information content (AvgIpc) is 3.23. The lowest BCUT2D eigenvalue weighted by molar-refractivity contribution is -0.174. The van der Waals surface area contributed by atoms with Gasteiger partial charge in [0.15, 0.2) is 0 Å². The Hall–Kier alpha value is -3.33. The van der Waals surface area contributed by atoms with E-state index in [1.165, 1.54) is 25.3 Å². The first-order valence-corrected chi connectivity index (χ1v) is 7.75. The molecule has 26 heavy (non-hydrogen) atoms. The number of para-hydroxylation sites is 1. The number of esters is 2. The highest BCUT2D eigenvalue weighted by Gasteiger charge is 2.61. The van der Waals surface area contributed by atoms with Crippen molar-refractivity contribution in [3.05, 3.63) is 53.5 Å². The normalized spacial score (nSPS) is 25.5. The minimum atomic E-state index is -1.84. The maximum Gasteiger partial charge on any atom is 0.355 e. The molecule has 0 saturated carbocycles. The molecule has 0 bridgehead atoms. The van der Waals surface area contributed by atoms with Crippen LogP contribution in [0.5, 0.6) is 0 Å². The lowest BCUT2D eigenvalue weighted by Crippen LogP contribution is -2.56. The minimum absolute atomic E-state index is 0.122. The quantitative estimate of drug-likeness (QED) is 0.719. The van der Waals surface area contributed by atoms with E-state index in [2.05, 4.69) is 10.6 Å². The van der Waals surface area contributed by atoms with Crippen LogP contribution in [0.3, 0.4) is 0 Å². The van der Waals surface area contributed by atoms with Gasteiger partial charge in [-0.25, -0.2) is 9.59 Å². The smallest absolute Gasteiger partial charge is 0.355 e. The van der Waals surface area contributed by atoms with Crippen LogP contribution >= 0.6 is 0 Å². The summed E-state index contributed by atoms with van der Waals surface area (Å²) in [5.41, 5.74) is -1.29. The van der Waals surface area contributed by atoms with Gasteiger partial charge in [-0.15, -0.1) is 0 Å². The molecule has 2 atom stereocenters. The Labute approximate surface area is 148 Å². The summed E-state index contributed by atoms with van der Waals surface area (Å²) in [5.74, 6) is -2.24. The third kappa shape index (κ3) is 1.91. The fourth-order valence-corrected chi connectivity index (χ4v) is 3.41. The molecule has 9 heteroatoms. The number of hydrogen-bond donors (Lipinski definition) is 2. The lowest BCUT2D eigenvalue weighted by atomic mass is 9.84. The number of fused-ring (bicyclic) bond motifs is 3.